The number of anilines is 3. The maximum Gasteiger partial charge on any atom is 0.0648 e. The molecule has 4 heteroatoms. The summed E-state index contributed by atoms with van der Waals surface area (Å²) in [4.78, 5) is 1.22. The van der Waals surface area contributed by atoms with E-state index in [1.54, 1.807) is 71.9 Å². The summed E-state index contributed by atoms with van der Waals surface area (Å²) in [5.74, 6) is 0. The summed E-state index contributed by atoms with van der Waals surface area (Å²) >= 11 is 16.2. The molecule has 1 nitrogen and oxygen atoms in total. The van der Waals surface area contributed by atoms with Gasteiger partial charge in [-0.25, -0.2) is 0 Å². The summed E-state index contributed by atoms with van der Waals surface area (Å²) in [6.45, 7) is 32.9. The van der Waals surface area contributed by atoms with Crippen molar-refractivity contribution in [1.29, 1.82) is 0 Å². The Kier molecular flexibility index (Phi) is 11.9. The summed E-state index contributed by atoms with van der Waals surface area (Å²) in [5, 5.41) is 0.531. The molecule has 0 unspecified atom stereocenters. The van der Waals surface area contributed by atoms with Gasteiger partial charge in [0.05, 0.1) is 32.9 Å². The van der Waals surface area contributed by atoms with Crippen molar-refractivity contribution in [3.8, 4) is 0 Å². The van der Waals surface area contributed by atoms with Gasteiger partial charge < -0.3 is 4.90 Å². The van der Waals surface area contributed by atoms with E-state index in [1.807, 2.05) is 83.1 Å². The van der Waals surface area contributed by atoms with E-state index in [0.29, 0.717) is 38.4 Å². The highest BCUT2D eigenvalue weighted by Gasteiger charge is 2.22. The van der Waals surface area contributed by atoms with Crippen LogP contribution in [0.1, 0.15) is 224 Å². The van der Waals surface area contributed by atoms with Gasteiger partial charge in [0.2, 0.25) is 0 Å². The molecule has 8 aromatic rings. The van der Waals surface area contributed by atoms with Crippen LogP contribution in [0.2, 0.25) is 10.0 Å². The van der Waals surface area contributed by atoms with Crippen molar-refractivity contribution >= 4 is 56.2 Å². The van der Waals surface area contributed by atoms with Crippen LogP contribution in [-0.2, 0) is 51.8 Å². The quantitative estimate of drug-likeness (QED) is 0.139. The molecule has 0 heterocycles. The largest absolute Gasteiger partial charge is 0.310 e. The van der Waals surface area contributed by atoms with Gasteiger partial charge in [-0.3, -0.25) is 0 Å². The van der Waals surface area contributed by atoms with Crippen molar-refractivity contribution in [2.45, 2.75) is 176 Å². The molecule has 0 atom stereocenters. The topological polar surface area (TPSA) is 3.24 Å². The van der Waals surface area contributed by atoms with E-state index in [9.17, 15) is 4.11 Å². The monoisotopic (exact) mass is 1180 g/mol. The van der Waals surface area contributed by atoms with Crippen LogP contribution in [0.4, 0.5) is 17.1 Å². The number of hydrogen-bond acceptors (Lipinski definition) is 1. The van der Waals surface area contributed by atoms with E-state index in [-0.39, 0.29) is 205 Å². The Morgan fingerprint density at radius 3 is 0.962 bits per heavy atom. The summed E-state index contributed by atoms with van der Waals surface area (Å²) in [6, 6.07) is 5.45. The Labute approximate surface area is 531 Å². The molecule has 0 spiro atoms. The standard InChI is InChI=1S/C37H44ClN.C28H33Cl.C10H13Br/c1-35(2,3)28-15-13-26(14-16-28)21-27-22-31(38)25-34(23-27)39(32-19-17-29(18-20-32)36(4,5)6)33-12-10-11-30(24-33)37(7,8)9;1-27(2,3)24-11-7-20(8-12-24)15-22-17-23(19-26(29)18-22)16-21-9-13-25(14-10-21)28(4,5)6;1-10(2,3)8-4-6-9(11)7-5-8/h10-20,22-25H,21H2,1-9H3;7-14,17-19H,15-16H2,1-6H3;4-7H,1-3H3/i10D,11D,12D,13D,14D,15D,16D,17D,18D,19D,20D,24D;7D,8D,9D,10D,11D,12D,13D,14D;4D,5D,6D,7D. The molecule has 0 bridgehead atoms. The van der Waals surface area contributed by atoms with Crippen molar-refractivity contribution in [2.75, 3.05) is 4.90 Å². The molecule has 79 heavy (non-hydrogen) atoms. The summed E-state index contributed by atoms with van der Waals surface area (Å²) in [6.07, 6.45) is 0.152. The van der Waals surface area contributed by atoms with Gasteiger partial charge in [0.25, 0.3) is 0 Å². The normalized spacial score (nSPS) is 16.5. The molecule has 0 aliphatic heterocycles. The highest BCUT2D eigenvalue weighted by molar-refractivity contribution is 9.10. The van der Waals surface area contributed by atoms with Gasteiger partial charge in [0.1, 0.15) is 0 Å². The minimum absolute atomic E-state index is 0.0130. The molecule has 0 aliphatic rings. The first-order chi connectivity index (χ1) is 46.7. The fraction of sp³-hybridized carbons (Fsp3) is 0.360. The smallest absolute Gasteiger partial charge is 0.0648 e. The van der Waals surface area contributed by atoms with Crippen LogP contribution in [0.25, 0.3) is 0 Å². The zero-order valence-electron chi connectivity index (χ0n) is 73.2. The molecule has 0 amide bonds. The average Bonchev–Trinajstić information content (AvgIpc) is 0.730. The zero-order chi connectivity index (χ0) is 79.2. The van der Waals surface area contributed by atoms with E-state index >= 15 is 0 Å². The lowest BCUT2D eigenvalue weighted by atomic mass is 9.86. The number of benzene rings is 8. The predicted molar refractivity (Wildman–Crippen MR) is 352 cm³/mol. The summed E-state index contributed by atoms with van der Waals surface area (Å²) in [5.41, 5.74) is 0.0806. The van der Waals surface area contributed by atoms with Crippen LogP contribution in [-0.4, -0.2) is 0 Å². The minimum Gasteiger partial charge on any atom is -0.310 e. The third kappa shape index (κ3) is 18.8. The Bertz CT molecular complexity index is 4450. The van der Waals surface area contributed by atoms with Gasteiger partial charge in [0.15, 0.2) is 0 Å². The van der Waals surface area contributed by atoms with Crippen LogP contribution in [0.5, 0.6) is 0 Å². The van der Waals surface area contributed by atoms with Gasteiger partial charge >= 0.3 is 0 Å². The molecule has 0 radical (unpaired) electrons. The highest BCUT2D eigenvalue weighted by Crippen LogP contribution is 2.40. The Morgan fingerprint density at radius 1 is 0.316 bits per heavy atom. The maximum atomic E-state index is 9.35. The molecule has 0 saturated carbocycles. The first kappa shape index (κ1) is 36.9. The molecule has 0 saturated heterocycles. The lowest BCUT2D eigenvalue weighted by molar-refractivity contribution is 0.589. The Balaban J connectivity index is 0.000000278. The number of rotatable bonds is 9. The molecule has 416 valence electrons. The lowest BCUT2D eigenvalue weighted by Crippen LogP contribution is -2.15. The van der Waals surface area contributed by atoms with Gasteiger partial charge in [-0.1, -0.05) is 279 Å². The molecule has 8 aromatic carbocycles. The summed E-state index contributed by atoms with van der Waals surface area (Å²) in [7, 11) is 0. The molecule has 0 fully saturated rings. The zero-order valence-corrected chi connectivity index (χ0v) is 52.3. The molecule has 0 aromatic heterocycles. The molecule has 0 aliphatic carbocycles. The highest BCUT2D eigenvalue weighted by atomic mass is 79.9. The molecular formula is C75H90BrCl2N. The average molecular weight is 1180 g/mol. The van der Waals surface area contributed by atoms with Crippen LogP contribution in [0, 0.1) is 0 Å². The molecule has 8 rings (SSSR count). The second kappa shape index (κ2) is 25.6. The van der Waals surface area contributed by atoms with Gasteiger partial charge in [-0.2, -0.15) is 0 Å². The van der Waals surface area contributed by atoms with E-state index < -0.39 is 51.2 Å². The third-order valence-electron chi connectivity index (χ3n) is 12.2. The van der Waals surface area contributed by atoms with Crippen molar-refractivity contribution in [3.63, 3.8) is 0 Å². The van der Waals surface area contributed by atoms with Gasteiger partial charge in [-0.05, 0) is 185 Å². The minimum atomic E-state index is -0.835. The first-order valence-electron chi connectivity index (χ1n) is 38.3. The number of halogens is 3. The van der Waals surface area contributed by atoms with Crippen LogP contribution < -0.4 is 4.90 Å². The lowest BCUT2D eigenvalue weighted by Gasteiger charge is -2.29. The van der Waals surface area contributed by atoms with Gasteiger partial charge in [-0.15, -0.1) is 0 Å². The maximum absolute atomic E-state index is 9.35. The van der Waals surface area contributed by atoms with E-state index in [0.717, 1.165) is 0 Å². The molecular weight excluding hydrogens is 1070 g/mol. The third-order valence-corrected chi connectivity index (χ3v) is 13.0. The van der Waals surface area contributed by atoms with E-state index in [4.69, 9.17) is 52.0 Å². The Morgan fingerprint density at radius 2 is 0.620 bits per heavy atom. The van der Waals surface area contributed by atoms with Gasteiger partial charge in [0, 0.05) is 31.6 Å². The first-order valence-corrected chi connectivity index (χ1v) is 27.9. The van der Waals surface area contributed by atoms with Crippen LogP contribution in [0.15, 0.2) is 186 Å². The van der Waals surface area contributed by atoms with Crippen LogP contribution in [0.3, 0.4) is 0 Å². The fourth-order valence-electron chi connectivity index (χ4n) is 7.46. The van der Waals surface area contributed by atoms with Crippen molar-refractivity contribution in [1.82, 2.24) is 0 Å². The number of nitrogens with zero attached hydrogens (tertiary/aromatic N) is 1. The van der Waals surface area contributed by atoms with Crippen molar-refractivity contribution in [3.05, 3.63) is 263 Å². The van der Waals surface area contributed by atoms with Crippen LogP contribution >= 0.6 is 39.1 Å². The predicted octanol–water partition coefficient (Wildman–Crippen LogP) is 23.2. The number of hydrogen-bond donors (Lipinski definition) is 0. The Hall–Kier alpha value is -5.38. The fourth-order valence-corrected chi connectivity index (χ4v) is 8.19. The second-order valence-corrected chi connectivity index (χ2v) is 27.5. The van der Waals surface area contributed by atoms with E-state index in [1.165, 1.54) is 11.0 Å². The SMILES string of the molecule is [2H]c1c([2H])c(C(C)(C)C)c([2H])c([2H])c1Br.[2H]c1c([2H])c(C(C)(C)C)c([2H])c([2H])c1Cc1cc(Cl)cc(Cc2c([2H])c([2H])c(C(C)(C)C)c([2H])c2[2H])c1.[2H]c1c([2H])c(N(c2cc(Cl)cc(Cc3c([2H])c([2H])c(C(C)(C)C)c([2H])c3[2H])c2)c2c([2H])c([2H])c(C(C)(C)C)c([2H])c2[2H])c([2H])c(C(C)(C)C)c1[2H]. The molecule has 0 N–H and O–H groups in total. The van der Waals surface area contributed by atoms with Crippen molar-refractivity contribution in [2.24, 2.45) is 0 Å². The second-order valence-electron chi connectivity index (χ2n) is 25.8. The van der Waals surface area contributed by atoms with E-state index in [2.05, 4.69) is 15.9 Å². The van der Waals surface area contributed by atoms with Crippen molar-refractivity contribution < 1.29 is 32.9 Å². The summed E-state index contributed by atoms with van der Waals surface area (Å²) < 4.78 is 206.